The summed E-state index contributed by atoms with van der Waals surface area (Å²) in [5.41, 5.74) is 12.7. The van der Waals surface area contributed by atoms with E-state index in [0.717, 1.165) is 34.2 Å². The lowest BCUT2D eigenvalue weighted by Crippen LogP contribution is -1.94. The van der Waals surface area contributed by atoms with E-state index in [9.17, 15) is 0 Å². The van der Waals surface area contributed by atoms with Gasteiger partial charge in [-0.1, -0.05) is 178 Å². The normalized spacial score (nSPS) is 11.5. The van der Waals surface area contributed by atoms with Crippen LogP contribution in [-0.2, 0) is 6.42 Å². The van der Waals surface area contributed by atoms with Gasteiger partial charge in [-0.3, -0.25) is 0 Å². The third-order valence-electron chi connectivity index (χ3n) is 9.23. The molecule has 0 amide bonds. The van der Waals surface area contributed by atoms with Crippen LogP contribution in [0.15, 0.2) is 189 Å². The van der Waals surface area contributed by atoms with Crippen molar-refractivity contribution in [3.05, 3.63) is 200 Å². The number of allylic oxidation sites excluding steroid dienone is 7. The largest absolute Gasteiger partial charge is 0.115 e. The fourth-order valence-corrected chi connectivity index (χ4v) is 6.98. The Balaban J connectivity index is 0.00000228. The topological polar surface area (TPSA) is 0 Å². The maximum atomic E-state index is 5.78. The zero-order chi connectivity index (χ0) is 36.3. The van der Waals surface area contributed by atoms with Gasteiger partial charge < -0.3 is 0 Å². The molecule has 0 heteroatoms. The highest BCUT2D eigenvalue weighted by Crippen LogP contribution is 2.45. The second kappa shape index (κ2) is 17.0. The molecular weight excluding hydrogens is 625 g/mol. The van der Waals surface area contributed by atoms with Crippen molar-refractivity contribution in [1.82, 2.24) is 0 Å². The fraction of sp³-hybridized carbons (Fsp3) is 0.0769. The van der Waals surface area contributed by atoms with Gasteiger partial charge >= 0.3 is 0 Å². The molecule has 0 atom stereocenters. The summed E-state index contributed by atoms with van der Waals surface area (Å²) in [5, 5.41) is 4.85. The molecule has 0 bridgehead atoms. The molecule has 0 radical (unpaired) electrons. The van der Waals surface area contributed by atoms with E-state index in [1.807, 2.05) is 26.8 Å². The predicted molar refractivity (Wildman–Crippen MR) is 229 cm³/mol. The van der Waals surface area contributed by atoms with E-state index < -0.39 is 0 Å². The Labute approximate surface area is 309 Å². The van der Waals surface area contributed by atoms with Gasteiger partial charge in [-0.05, 0) is 126 Å². The molecule has 0 saturated carbocycles. The van der Waals surface area contributed by atoms with Crippen LogP contribution in [0, 0.1) is 12.3 Å². The molecule has 0 N–H and O–H groups in total. The van der Waals surface area contributed by atoms with Crippen molar-refractivity contribution in [2.75, 3.05) is 0 Å². The highest BCUT2D eigenvalue weighted by molar-refractivity contribution is 6.21. The molecule has 0 spiro atoms. The number of hydrogen-bond donors (Lipinski definition) is 0. The summed E-state index contributed by atoms with van der Waals surface area (Å²) in [6.07, 6.45) is 18.8. The molecule has 0 aliphatic carbocycles. The van der Waals surface area contributed by atoms with E-state index in [2.05, 4.69) is 182 Å². The molecule has 52 heavy (non-hydrogen) atoms. The van der Waals surface area contributed by atoms with Crippen LogP contribution in [0.25, 0.3) is 71.6 Å². The van der Waals surface area contributed by atoms with Gasteiger partial charge in [0.05, 0.1) is 0 Å². The quantitative estimate of drug-likeness (QED) is 0.0816. The van der Waals surface area contributed by atoms with E-state index in [0.29, 0.717) is 0 Å². The maximum absolute atomic E-state index is 5.78. The smallest absolute Gasteiger partial charge is 0.00259 e. The van der Waals surface area contributed by atoms with Crippen LogP contribution in [0.5, 0.6) is 0 Å². The molecule has 7 aromatic rings. The number of benzene rings is 7. The first kappa shape index (κ1) is 35.4. The summed E-state index contributed by atoms with van der Waals surface area (Å²) in [6, 6.07) is 52.8. The third kappa shape index (κ3) is 7.51. The molecule has 0 unspecified atom stereocenters. The van der Waals surface area contributed by atoms with Gasteiger partial charge in [-0.25, -0.2) is 0 Å². The van der Waals surface area contributed by atoms with Gasteiger partial charge in [-0.15, -0.1) is 6.42 Å². The first-order chi connectivity index (χ1) is 25.7. The molecule has 0 saturated heterocycles. The number of terminal acetylenes is 1. The molecule has 0 heterocycles. The first-order valence-electron chi connectivity index (χ1n) is 18.1. The number of rotatable bonds is 9. The minimum atomic E-state index is 0.845. The van der Waals surface area contributed by atoms with Crippen LogP contribution in [0.2, 0.25) is 0 Å². The average Bonchev–Trinajstić information content (AvgIpc) is 3.21. The van der Waals surface area contributed by atoms with Gasteiger partial charge in [0.25, 0.3) is 0 Å². The van der Waals surface area contributed by atoms with Crippen molar-refractivity contribution in [3.8, 4) is 56.9 Å². The monoisotopic (exact) mass is 668 g/mol. The van der Waals surface area contributed by atoms with Crippen LogP contribution in [-0.4, -0.2) is 0 Å². The van der Waals surface area contributed by atoms with Crippen LogP contribution >= 0.6 is 0 Å². The number of hydrogen-bond acceptors (Lipinski definition) is 0. The summed E-state index contributed by atoms with van der Waals surface area (Å²) < 4.78 is 0. The molecule has 0 nitrogen and oxygen atoms in total. The zero-order valence-electron chi connectivity index (χ0n) is 30.3. The van der Waals surface area contributed by atoms with Crippen LogP contribution in [0.3, 0.4) is 0 Å². The molecular formula is C52H44. The van der Waals surface area contributed by atoms with Gasteiger partial charge in [0.15, 0.2) is 0 Å². The lowest BCUT2D eigenvalue weighted by Gasteiger charge is -2.20. The summed E-state index contributed by atoms with van der Waals surface area (Å²) in [5.74, 6) is 2.72. The fourth-order valence-electron chi connectivity index (χ4n) is 6.98. The van der Waals surface area contributed by atoms with Gasteiger partial charge in [-0.2, -0.15) is 0 Å². The highest BCUT2D eigenvalue weighted by Gasteiger charge is 2.19. The van der Waals surface area contributed by atoms with Crippen molar-refractivity contribution < 1.29 is 0 Å². The molecule has 0 aliphatic heterocycles. The van der Waals surface area contributed by atoms with Crippen LogP contribution in [0.4, 0.5) is 0 Å². The summed E-state index contributed by atoms with van der Waals surface area (Å²) in [4.78, 5) is 0. The highest BCUT2D eigenvalue weighted by atomic mass is 14.2. The van der Waals surface area contributed by atoms with E-state index in [-0.39, 0.29) is 0 Å². The Bertz CT molecular complexity index is 2410. The van der Waals surface area contributed by atoms with Gasteiger partial charge in [0.1, 0.15) is 0 Å². The first-order valence-corrected chi connectivity index (χ1v) is 18.1. The van der Waals surface area contributed by atoms with Crippen molar-refractivity contribution in [1.29, 1.82) is 0 Å². The van der Waals surface area contributed by atoms with Gasteiger partial charge in [0.2, 0.25) is 0 Å². The lowest BCUT2D eigenvalue weighted by atomic mass is 9.83. The molecule has 0 fully saturated rings. The molecule has 7 rings (SSSR count). The van der Waals surface area contributed by atoms with Crippen molar-refractivity contribution in [2.45, 2.75) is 27.2 Å². The molecule has 252 valence electrons. The second-order valence-corrected chi connectivity index (χ2v) is 12.4. The molecule has 0 aromatic heterocycles. The SMILES string of the molecule is C#C/C=C(\C=C)c1cc(-c2ccccc2)cc(-c2c3ccccc3c(-c3cc(C/C=C\C=C/C)cc(-c4ccccc4)c3)c3ccccc23)c1.CC. The van der Waals surface area contributed by atoms with Crippen molar-refractivity contribution >= 4 is 27.1 Å². The van der Waals surface area contributed by atoms with Crippen molar-refractivity contribution in [2.24, 2.45) is 0 Å². The summed E-state index contributed by atoms with van der Waals surface area (Å²) in [7, 11) is 0. The average molecular weight is 669 g/mol. The Morgan fingerprint density at radius 1 is 0.558 bits per heavy atom. The Morgan fingerprint density at radius 3 is 1.48 bits per heavy atom. The third-order valence-corrected chi connectivity index (χ3v) is 9.23. The van der Waals surface area contributed by atoms with E-state index in [1.165, 1.54) is 54.9 Å². The van der Waals surface area contributed by atoms with Crippen LogP contribution in [0.1, 0.15) is 31.9 Å². The minimum Gasteiger partial charge on any atom is -0.115 e. The standard InChI is InChI=1S/C50H38.C2H6/c1-4-7-8-11-21-36-30-40(38-22-12-9-13-23-38)33-43(31-36)49-45-26-16-18-28-47(45)50(48-29-19-17-27-46(48)49)44-34-41(37(6-3)20-5-2)32-42(35-44)39-24-14-10-15-25-39;1-2/h2,4,6-20,22-35H,3,21H2,1H3;1-2H3/b7-4-,11-8-,37-20+;. The van der Waals surface area contributed by atoms with E-state index in [1.54, 1.807) is 6.08 Å². The Hall–Kier alpha value is -6.42. The molecule has 0 aliphatic rings. The summed E-state index contributed by atoms with van der Waals surface area (Å²) in [6.45, 7) is 10.1. The summed E-state index contributed by atoms with van der Waals surface area (Å²) >= 11 is 0. The predicted octanol–water partition coefficient (Wildman–Crippen LogP) is 14.6. The second-order valence-electron chi connectivity index (χ2n) is 12.4. The van der Waals surface area contributed by atoms with Crippen molar-refractivity contribution in [3.63, 3.8) is 0 Å². The van der Waals surface area contributed by atoms with E-state index in [4.69, 9.17) is 6.42 Å². The van der Waals surface area contributed by atoms with Gasteiger partial charge in [0, 0.05) is 0 Å². The zero-order valence-corrected chi connectivity index (χ0v) is 30.3. The lowest BCUT2D eigenvalue weighted by molar-refractivity contribution is 1.27. The molecule has 7 aromatic carbocycles. The van der Waals surface area contributed by atoms with Crippen LogP contribution < -0.4 is 0 Å². The number of fused-ring (bicyclic) bond motifs is 2. The Morgan fingerprint density at radius 2 is 1.00 bits per heavy atom. The van der Waals surface area contributed by atoms with E-state index >= 15 is 0 Å². The minimum absolute atomic E-state index is 0.845. The maximum Gasteiger partial charge on any atom is -0.00259 e. The Kier molecular flexibility index (Phi) is 11.6.